The second kappa shape index (κ2) is 12.5. The Morgan fingerprint density at radius 1 is 1.03 bits per heavy atom. The molecule has 2 heterocycles. The lowest BCUT2D eigenvalue weighted by Crippen LogP contribution is -2.65. The van der Waals surface area contributed by atoms with E-state index in [0.717, 1.165) is 51.5 Å². The molecular formula is C27H46N4O6. The summed E-state index contributed by atoms with van der Waals surface area (Å²) >= 11 is 0. The van der Waals surface area contributed by atoms with Crippen molar-refractivity contribution in [3.63, 3.8) is 0 Å². The molecule has 2 aliphatic heterocycles. The van der Waals surface area contributed by atoms with E-state index in [1.165, 1.54) is 12.0 Å². The minimum absolute atomic E-state index is 0.0195. The van der Waals surface area contributed by atoms with Crippen molar-refractivity contribution >= 4 is 23.9 Å². The van der Waals surface area contributed by atoms with Gasteiger partial charge in [0.05, 0.1) is 7.11 Å². The van der Waals surface area contributed by atoms with E-state index in [1.54, 1.807) is 39.5 Å². The molecule has 3 rings (SSSR count). The lowest BCUT2D eigenvalue weighted by atomic mass is 9.82. The molecule has 1 N–H and O–H groups in total. The van der Waals surface area contributed by atoms with Crippen molar-refractivity contribution in [3.05, 3.63) is 0 Å². The third-order valence-electron chi connectivity index (χ3n) is 7.95. The zero-order valence-electron chi connectivity index (χ0n) is 23.5. The van der Waals surface area contributed by atoms with E-state index in [-0.39, 0.29) is 17.9 Å². The number of methoxy groups -OCH3 is 1. The number of likely N-dealkylation sites (N-methyl/N-ethyl adjacent to an activating group) is 1. The molecule has 0 bridgehead atoms. The third-order valence-corrected chi connectivity index (χ3v) is 7.95. The Balaban J connectivity index is 1.82. The number of hydrogen-bond acceptors (Lipinski definition) is 7. The van der Waals surface area contributed by atoms with Crippen LogP contribution in [0.1, 0.15) is 79.6 Å². The number of ether oxygens (including phenoxy) is 2. The number of amides is 3. The minimum atomic E-state index is -0.818. The molecule has 0 spiro atoms. The molecule has 1 saturated carbocycles. The summed E-state index contributed by atoms with van der Waals surface area (Å²) in [5, 5.41) is 3.01. The highest BCUT2D eigenvalue weighted by atomic mass is 16.6. The molecule has 37 heavy (non-hydrogen) atoms. The summed E-state index contributed by atoms with van der Waals surface area (Å²) in [6.07, 6.45) is 6.22. The van der Waals surface area contributed by atoms with Gasteiger partial charge in [0, 0.05) is 25.7 Å². The first-order valence-electron chi connectivity index (χ1n) is 13.9. The van der Waals surface area contributed by atoms with Crippen LogP contribution in [-0.2, 0) is 23.9 Å². The quantitative estimate of drug-likeness (QED) is 0.512. The number of nitrogens with one attached hydrogen (secondary N) is 1. The van der Waals surface area contributed by atoms with Gasteiger partial charge in [-0.3, -0.25) is 19.4 Å². The Labute approximate surface area is 221 Å². The van der Waals surface area contributed by atoms with Gasteiger partial charge in [-0.05, 0) is 72.8 Å². The molecule has 4 atom stereocenters. The first-order valence-corrected chi connectivity index (χ1v) is 13.9. The molecule has 3 fully saturated rings. The van der Waals surface area contributed by atoms with Gasteiger partial charge in [0.1, 0.15) is 23.7 Å². The molecule has 210 valence electrons. The lowest BCUT2D eigenvalue weighted by molar-refractivity contribution is -0.159. The van der Waals surface area contributed by atoms with E-state index in [2.05, 4.69) is 10.2 Å². The van der Waals surface area contributed by atoms with Gasteiger partial charge in [-0.15, -0.1) is 0 Å². The SMILES string of the molecule is CCN(C(=O)OC(C)(C)C)[C@@H](C)C(=O)N[C@H](C(=O)N1C[C@H]2CCCN2C[C@H]1C(=O)OC)C1CCCCC1. The van der Waals surface area contributed by atoms with E-state index >= 15 is 0 Å². The van der Waals surface area contributed by atoms with Crippen molar-refractivity contribution in [2.75, 3.05) is 33.3 Å². The maximum Gasteiger partial charge on any atom is 0.410 e. The largest absolute Gasteiger partial charge is 0.467 e. The molecule has 0 aromatic carbocycles. The van der Waals surface area contributed by atoms with Gasteiger partial charge in [0.2, 0.25) is 11.8 Å². The molecule has 1 aliphatic carbocycles. The fraction of sp³-hybridized carbons (Fsp3) is 0.852. The number of carbonyl (C=O) groups excluding carboxylic acids is 4. The summed E-state index contributed by atoms with van der Waals surface area (Å²) in [4.78, 5) is 58.4. The minimum Gasteiger partial charge on any atom is -0.467 e. The monoisotopic (exact) mass is 522 g/mol. The number of piperazine rings is 1. The molecule has 0 unspecified atom stereocenters. The van der Waals surface area contributed by atoms with Gasteiger partial charge in [0.15, 0.2) is 0 Å². The second-order valence-corrected chi connectivity index (χ2v) is 11.6. The van der Waals surface area contributed by atoms with Crippen molar-refractivity contribution in [2.24, 2.45) is 5.92 Å². The van der Waals surface area contributed by atoms with Crippen molar-refractivity contribution in [1.29, 1.82) is 0 Å². The average molecular weight is 523 g/mol. The van der Waals surface area contributed by atoms with Gasteiger partial charge in [-0.25, -0.2) is 9.59 Å². The Hall–Kier alpha value is -2.36. The topological polar surface area (TPSA) is 108 Å². The molecule has 10 heteroatoms. The smallest absolute Gasteiger partial charge is 0.410 e. The highest BCUT2D eigenvalue weighted by Gasteiger charge is 2.46. The summed E-state index contributed by atoms with van der Waals surface area (Å²) in [5.74, 6) is -1.07. The van der Waals surface area contributed by atoms with Crippen LogP contribution in [0.25, 0.3) is 0 Å². The number of esters is 1. The van der Waals surface area contributed by atoms with Crippen LogP contribution in [0.15, 0.2) is 0 Å². The van der Waals surface area contributed by atoms with E-state index in [4.69, 9.17) is 9.47 Å². The molecule has 3 aliphatic rings. The highest BCUT2D eigenvalue weighted by molar-refractivity contribution is 5.93. The van der Waals surface area contributed by atoms with Crippen molar-refractivity contribution in [1.82, 2.24) is 20.0 Å². The zero-order valence-corrected chi connectivity index (χ0v) is 23.5. The van der Waals surface area contributed by atoms with Gasteiger partial charge in [-0.2, -0.15) is 0 Å². The van der Waals surface area contributed by atoms with E-state index in [9.17, 15) is 19.2 Å². The maximum absolute atomic E-state index is 14.1. The number of carbonyl (C=O) groups is 4. The first-order chi connectivity index (χ1) is 17.5. The number of nitrogens with zero attached hydrogens (tertiary/aromatic N) is 3. The Morgan fingerprint density at radius 3 is 2.30 bits per heavy atom. The van der Waals surface area contributed by atoms with Crippen LogP contribution in [0.4, 0.5) is 4.79 Å². The number of rotatable bonds is 7. The van der Waals surface area contributed by atoms with Crippen LogP contribution in [0.2, 0.25) is 0 Å². The average Bonchev–Trinajstić information content (AvgIpc) is 3.33. The summed E-state index contributed by atoms with van der Waals surface area (Å²) in [6.45, 7) is 10.9. The zero-order chi connectivity index (χ0) is 27.3. The number of hydrogen-bond donors (Lipinski definition) is 1. The summed E-state index contributed by atoms with van der Waals surface area (Å²) < 4.78 is 10.6. The van der Waals surface area contributed by atoms with Crippen LogP contribution in [-0.4, -0.2) is 102 Å². The van der Waals surface area contributed by atoms with Crippen molar-refractivity contribution < 1.29 is 28.7 Å². The molecule has 3 amide bonds. The fourth-order valence-corrected chi connectivity index (χ4v) is 5.92. The summed E-state index contributed by atoms with van der Waals surface area (Å²) in [7, 11) is 1.35. The van der Waals surface area contributed by atoms with Gasteiger partial charge in [-0.1, -0.05) is 19.3 Å². The van der Waals surface area contributed by atoms with Crippen molar-refractivity contribution in [3.8, 4) is 0 Å². The van der Waals surface area contributed by atoms with Crippen molar-refractivity contribution in [2.45, 2.75) is 109 Å². The van der Waals surface area contributed by atoms with Crippen LogP contribution in [0, 0.1) is 5.92 Å². The first kappa shape index (κ1) is 29.2. The highest BCUT2D eigenvalue weighted by Crippen LogP contribution is 2.31. The van der Waals surface area contributed by atoms with E-state index in [1.807, 2.05) is 0 Å². The van der Waals surface area contributed by atoms with Crippen LogP contribution < -0.4 is 5.32 Å². The van der Waals surface area contributed by atoms with E-state index in [0.29, 0.717) is 19.6 Å². The van der Waals surface area contributed by atoms with Gasteiger partial charge in [0.25, 0.3) is 0 Å². The predicted molar refractivity (Wildman–Crippen MR) is 139 cm³/mol. The Kier molecular flexibility index (Phi) is 9.83. The van der Waals surface area contributed by atoms with Crippen LogP contribution in [0.3, 0.4) is 0 Å². The van der Waals surface area contributed by atoms with Crippen LogP contribution >= 0.6 is 0 Å². The summed E-state index contributed by atoms with van der Waals surface area (Å²) in [5.41, 5.74) is -0.688. The standard InChI is InChI=1S/C27H46N4O6/c1-7-30(26(35)37-27(3,4)5)18(2)23(32)28-22(19-12-9-8-10-13-19)24(33)31-16-20-14-11-15-29(20)17-21(31)25(34)36-6/h18-22H,7-17H2,1-6H3,(H,28,32)/t18-,20+,21-,22-/m0/s1. The molecule has 0 aromatic rings. The molecule has 10 nitrogen and oxygen atoms in total. The van der Waals surface area contributed by atoms with Crippen LogP contribution in [0.5, 0.6) is 0 Å². The molecule has 2 saturated heterocycles. The summed E-state index contributed by atoms with van der Waals surface area (Å²) in [6, 6.07) is -2.05. The van der Waals surface area contributed by atoms with Gasteiger partial charge >= 0.3 is 12.1 Å². The lowest BCUT2D eigenvalue weighted by Gasteiger charge is -2.44. The third kappa shape index (κ3) is 7.15. The fourth-order valence-electron chi connectivity index (χ4n) is 5.92. The molecular weight excluding hydrogens is 476 g/mol. The second-order valence-electron chi connectivity index (χ2n) is 11.6. The maximum atomic E-state index is 14.1. The normalized spacial score (nSPS) is 24.5. The Bertz CT molecular complexity index is 837. The molecule has 0 radical (unpaired) electrons. The van der Waals surface area contributed by atoms with Gasteiger partial charge < -0.3 is 19.7 Å². The number of fused-ring (bicyclic) bond motifs is 1. The van der Waals surface area contributed by atoms with E-state index < -0.39 is 41.7 Å². The molecule has 0 aromatic heterocycles. The Morgan fingerprint density at radius 2 is 1.70 bits per heavy atom. The predicted octanol–water partition coefficient (Wildman–Crippen LogP) is 2.55.